The standard InChI is InChI=1S/C15H17BrN2O2S/c1-2-4-13(15-5-3-8-21-15)17-10-11-9-12(16)6-7-14(11)18(19)20/h3,5-9,13,17H,2,4,10H2,1H3. The number of hydrogen-bond donors (Lipinski definition) is 1. The summed E-state index contributed by atoms with van der Waals surface area (Å²) in [6.07, 6.45) is 2.08. The number of nitro benzene ring substituents is 1. The van der Waals surface area contributed by atoms with Gasteiger partial charge in [0.05, 0.1) is 4.92 Å². The molecule has 1 N–H and O–H groups in total. The third kappa shape index (κ3) is 4.36. The zero-order chi connectivity index (χ0) is 15.2. The molecule has 0 aliphatic rings. The Morgan fingerprint density at radius 3 is 2.86 bits per heavy atom. The van der Waals surface area contributed by atoms with Crippen LogP contribution in [0.15, 0.2) is 40.2 Å². The molecule has 0 saturated carbocycles. The molecule has 0 saturated heterocycles. The van der Waals surface area contributed by atoms with Crippen LogP contribution in [0.4, 0.5) is 5.69 Å². The number of benzene rings is 1. The molecule has 112 valence electrons. The van der Waals surface area contributed by atoms with Crippen LogP contribution in [0.1, 0.15) is 36.2 Å². The van der Waals surface area contributed by atoms with Crippen LogP contribution in [0.5, 0.6) is 0 Å². The van der Waals surface area contributed by atoms with Crippen molar-refractivity contribution in [1.29, 1.82) is 0 Å². The number of nitrogens with zero attached hydrogens (tertiary/aromatic N) is 1. The molecule has 4 nitrogen and oxygen atoms in total. The van der Waals surface area contributed by atoms with E-state index < -0.39 is 0 Å². The average Bonchev–Trinajstić information content (AvgIpc) is 2.97. The van der Waals surface area contributed by atoms with E-state index >= 15 is 0 Å². The second-order valence-electron chi connectivity index (χ2n) is 4.77. The number of thiophene rings is 1. The first-order valence-corrected chi connectivity index (χ1v) is 8.48. The van der Waals surface area contributed by atoms with Crippen molar-refractivity contribution in [3.8, 4) is 0 Å². The van der Waals surface area contributed by atoms with Gasteiger partial charge in [-0.1, -0.05) is 35.3 Å². The van der Waals surface area contributed by atoms with Crippen LogP contribution in [0.2, 0.25) is 0 Å². The third-order valence-electron chi connectivity index (χ3n) is 3.24. The highest BCUT2D eigenvalue weighted by molar-refractivity contribution is 9.10. The van der Waals surface area contributed by atoms with Crippen LogP contribution < -0.4 is 5.32 Å². The first-order chi connectivity index (χ1) is 10.1. The molecule has 0 amide bonds. The Labute approximate surface area is 136 Å². The van der Waals surface area contributed by atoms with Gasteiger partial charge < -0.3 is 5.32 Å². The van der Waals surface area contributed by atoms with E-state index in [1.807, 2.05) is 12.1 Å². The summed E-state index contributed by atoms with van der Waals surface area (Å²) in [5.74, 6) is 0. The molecule has 1 aromatic carbocycles. The summed E-state index contributed by atoms with van der Waals surface area (Å²) in [6.45, 7) is 2.63. The molecule has 0 spiro atoms. The summed E-state index contributed by atoms with van der Waals surface area (Å²) < 4.78 is 0.855. The molecule has 6 heteroatoms. The Balaban J connectivity index is 2.14. The zero-order valence-corrected chi connectivity index (χ0v) is 14.1. The van der Waals surface area contributed by atoms with Crippen LogP contribution in [-0.4, -0.2) is 4.92 Å². The van der Waals surface area contributed by atoms with Gasteiger partial charge in [0.1, 0.15) is 0 Å². The van der Waals surface area contributed by atoms with E-state index in [1.165, 1.54) is 4.88 Å². The Hall–Kier alpha value is -1.24. The topological polar surface area (TPSA) is 55.2 Å². The third-order valence-corrected chi connectivity index (χ3v) is 4.72. The van der Waals surface area contributed by atoms with Crippen molar-refractivity contribution in [2.45, 2.75) is 32.4 Å². The largest absolute Gasteiger partial charge is 0.305 e. The van der Waals surface area contributed by atoms with Crippen molar-refractivity contribution >= 4 is 33.0 Å². The van der Waals surface area contributed by atoms with Gasteiger partial charge >= 0.3 is 0 Å². The summed E-state index contributed by atoms with van der Waals surface area (Å²) in [6, 6.07) is 9.43. The van der Waals surface area contributed by atoms with Crippen LogP contribution in [0.3, 0.4) is 0 Å². The molecule has 1 unspecified atom stereocenters. The van der Waals surface area contributed by atoms with Gasteiger partial charge in [-0.2, -0.15) is 0 Å². The van der Waals surface area contributed by atoms with E-state index in [4.69, 9.17) is 0 Å². The first kappa shape index (κ1) is 16.1. The van der Waals surface area contributed by atoms with Gasteiger partial charge in [-0.15, -0.1) is 11.3 Å². The highest BCUT2D eigenvalue weighted by Crippen LogP contribution is 2.26. The van der Waals surface area contributed by atoms with Crippen LogP contribution in [0.25, 0.3) is 0 Å². The molecule has 0 aliphatic heterocycles. The van der Waals surface area contributed by atoms with Gasteiger partial charge in [-0.3, -0.25) is 10.1 Å². The van der Waals surface area contributed by atoms with Gasteiger partial charge in [-0.25, -0.2) is 0 Å². The molecule has 1 heterocycles. The lowest BCUT2D eigenvalue weighted by Gasteiger charge is -2.17. The fraction of sp³-hybridized carbons (Fsp3) is 0.333. The predicted octanol–water partition coefficient (Wildman–Crippen LogP) is 5.05. The fourth-order valence-electron chi connectivity index (χ4n) is 2.23. The molecule has 0 aliphatic carbocycles. The van der Waals surface area contributed by atoms with E-state index in [2.05, 4.69) is 39.6 Å². The Bertz CT molecular complexity index is 602. The highest BCUT2D eigenvalue weighted by Gasteiger charge is 2.16. The van der Waals surface area contributed by atoms with E-state index in [1.54, 1.807) is 23.5 Å². The second-order valence-corrected chi connectivity index (χ2v) is 6.66. The van der Waals surface area contributed by atoms with Gasteiger partial charge in [0, 0.05) is 33.6 Å². The molecular weight excluding hydrogens is 352 g/mol. The molecule has 1 atom stereocenters. The molecule has 0 fully saturated rings. The monoisotopic (exact) mass is 368 g/mol. The Morgan fingerprint density at radius 2 is 2.24 bits per heavy atom. The van der Waals surface area contributed by atoms with Crippen molar-refractivity contribution in [3.63, 3.8) is 0 Å². The van der Waals surface area contributed by atoms with Crippen molar-refractivity contribution in [2.75, 3.05) is 0 Å². The minimum absolute atomic E-state index is 0.159. The van der Waals surface area contributed by atoms with Crippen molar-refractivity contribution in [2.24, 2.45) is 0 Å². The van der Waals surface area contributed by atoms with E-state index in [0.717, 1.165) is 17.3 Å². The van der Waals surface area contributed by atoms with Gasteiger partial charge in [0.15, 0.2) is 0 Å². The SMILES string of the molecule is CCCC(NCc1cc(Br)ccc1[N+](=O)[O-])c1cccs1. The Morgan fingerprint density at radius 1 is 1.43 bits per heavy atom. The summed E-state index contributed by atoms with van der Waals surface area (Å²) in [5.41, 5.74) is 0.860. The Kier molecular flexibility index (Phi) is 5.90. The van der Waals surface area contributed by atoms with Crippen molar-refractivity contribution in [3.05, 3.63) is 60.7 Å². The van der Waals surface area contributed by atoms with E-state index in [9.17, 15) is 10.1 Å². The number of rotatable bonds is 7. The maximum absolute atomic E-state index is 11.1. The molecule has 21 heavy (non-hydrogen) atoms. The molecular formula is C15H17BrN2O2S. The van der Waals surface area contributed by atoms with Crippen LogP contribution in [0, 0.1) is 10.1 Å². The van der Waals surface area contributed by atoms with Gasteiger partial charge in [-0.05, 0) is 30.0 Å². The maximum atomic E-state index is 11.1. The molecule has 0 radical (unpaired) electrons. The number of nitrogens with one attached hydrogen (secondary N) is 1. The maximum Gasteiger partial charge on any atom is 0.273 e. The lowest BCUT2D eigenvalue weighted by Crippen LogP contribution is -2.20. The molecule has 1 aromatic heterocycles. The van der Waals surface area contributed by atoms with Gasteiger partial charge in [0.2, 0.25) is 0 Å². The number of halogens is 1. The molecule has 2 rings (SSSR count). The normalized spacial score (nSPS) is 12.3. The first-order valence-electron chi connectivity index (χ1n) is 6.81. The van der Waals surface area contributed by atoms with Crippen molar-refractivity contribution < 1.29 is 4.92 Å². The summed E-state index contributed by atoms with van der Waals surface area (Å²) in [4.78, 5) is 12.0. The fourth-order valence-corrected chi connectivity index (χ4v) is 3.48. The lowest BCUT2D eigenvalue weighted by atomic mass is 10.1. The minimum Gasteiger partial charge on any atom is -0.305 e. The minimum atomic E-state index is -0.330. The van der Waals surface area contributed by atoms with Crippen LogP contribution >= 0.6 is 27.3 Å². The highest BCUT2D eigenvalue weighted by atomic mass is 79.9. The van der Waals surface area contributed by atoms with E-state index in [-0.39, 0.29) is 16.7 Å². The zero-order valence-electron chi connectivity index (χ0n) is 11.7. The smallest absolute Gasteiger partial charge is 0.273 e. The number of hydrogen-bond acceptors (Lipinski definition) is 4. The quantitative estimate of drug-likeness (QED) is 0.549. The molecule has 0 bridgehead atoms. The lowest BCUT2D eigenvalue weighted by molar-refractivity contribution is -0.385. The van der Waals surface area contributed by atoms with Crippen LogP contribution in [-0.2, 0) is 6.54 Å². The van der Waals surface area contributed by atoms with Gasteiger partial charge in [0.25, 0.3) is 5.69 Å². The van der Waals surface area contributed by atoms with E-state index in [0.29, 0.717) is 12.1 Å². The number of nitro groups is 1. The predicted molar refractivity (Wildman–Crippen MR) is 89.6 cm³/mol. The summed E-state index contributed by atoms with van der Waals surface area (Å²) >= 11 is 5.09. The molecule has 2 aromatic rings. The summed E-state index contributed by atoms with van der Waals surface area (Å²) in [5, 5.41) is 16.6. The summed E-state index contributed by atoms with van der Waals surface area (Å²) in [7, 11) is 0. The van der Waals surface area contributed by atoms with Crippen molar-refractivity contribution in [1.82, 2.24) is 5.32 Å². The average molecular weight is 369 g/mol. The second kappa shape index (κ2) is 7.68.